The zero-order valence-corrected chi connectivity index (χ0v) is 15.2. The van der Waals surface area contributed by atoms with Crippen LogP contribution in [0.1, 0.15) is 11.4 Å². The average Bonchev–Trinajstić information content (AvgIpc) is 2.38. The number of anilines is 1. The van der Waals surface area contributed by atoms with Crippen LogP contribution in [0.3, 0.4) is 0 Å². The normalized spacial score (nSPS) is 11.4. The maximum Gasteiger partial charge on any atom is 0.258 e. The van der Waals surface area contributed by atoms with Gasteiger partial charge in [-0.15, -0.1) is 4.83 Å². The second kappa shape index (κ2) is 6.39. The lowest BCUT2D eigenvalue weighted by molar-refractivity contribution is 0.586. The molecule has 2 aromatic rings. The van der Waals surface area contributed by atoms with Crippen molar-refractivity contribution in [2.75, 3.05) is 5.43 Å². The van der Waals surface area contributed by atoms with Gasteiger partial charge in [0.1, 0.15) is 0 Å². The molecule has 2 N–H and O–H groups in total. The van der Waals surface area contributed by atoms with Gasteiger partial charge in [-0.3, -0.25) is 5.43 Å². The Morgan fingerprint density at radius 2 is 1.67 bits per heavy atom. The summed E-state index contributed by atoms with van der Waals surface area (Å²) < 4.78 is 25.7. The summed E-state index contributed by atoms with van der Waals surface area (Å²) in [5.74, 6) is 0.196. The van der Waals surface area contributed by atoms with Gasteiger partial charge in [0, 0.05) is 20.3 Å². The van der Waals surface area contributed by atoms with Gasteiger partial charge in [0.05, 0.1) is 4.90 Å². The Morgan fingerprint density at radius 1 is 1.05 bits per heavy atom. The first kappa shape index (κ1) is 16.3. The van der Waals surface area contributed by atoms with Gasteiger partial charge in [0.25, 0.3) is 10.0 Å². The van der Waals surface area contributed by atoms with Crippen molar-refractivity contribution < 1.29 is 8.42 Å². The highest BCUT2D eigenvalue weighted by Gasteiger charge is 2.18. The number of aryl methyl sites for hydroxylation is 2. The van der Waals surface area contributed by atoms with Crippen LogP contribution in [0.25, 0.3) is 0 Å². The predicted octanol–water partition coefficient (Wildman–Crippen LogP) is 2.92. The number of aromatic nitrogens is 2. The molecule has 0 aliphatic rings. The van der Waals surface area contributed by atoms with E-state index in [4.69, 9.17) is 0 Å². The highest BCUT2D eigenvalue weighted by atomic mass is 79.9. The first-order chi connectivity index (χ1) is 9.78. The fraction of sp³-hybridized carbons (Fsp3) is 0.167. The smallest absolute Gasteiger partial charge is 0.258 e. The number of nitrogens with one attached hydrogen (secondary N) is 2. The molecule has 6 nitrogen and oxygen atoms in total. The lowest BCUT2D eigenvalue weighted by Gasteiger charge is -2.10. The third-order valence-corrected chi connectivity index (χ3v) is 5.20. The van der Waals surface area contributed by atoms with Crippen molar-refractivity contribution in [3.05, 3.63) is 44.6 Å². The predicted molar refractivity (Wildman–Crippen MR) is 87.3 cm³/mol. The quantitative estimate of drug-likeness (QED) is 0.721. The van der Waals surface area contributed by atoms with Gasteiger partial charge in [0.2, 0.25) is 5.95 Å². The topological polar surface area (TPSA) is 84.0 Å². The van der Waals surface area contributed by atoms with E-state index in [-0.39, 0.29) is 10.8 Å². The molecular weight excluding hydrogens is 424 g/mol. The minimum absolute atomic E-state index is 0.105. The standard InChI is InChI=1S/C12H12Br2N4O2S/c1-7-5-8(2)16-12(15-7)17-18-21(19,20)11-6-9(13)3-4-10(11)14/h3-6,18H,1-2H3,(H,15,16,17). The van der Waals surface area contributed by atoms with Gasteiger partial charge in [-0.1, -0.05) is 15.9 Å². The van der Waals surface area contributed by atoms with Crippen LogP contribution in [0.5, 0.6) is 0 Å². The van der Waals surface area contributed by atoms with Crippen LogP contribution in [0.15, 0.2) is 38.1 Å². The van der Waals surface area contributed by atoms with E-state index in [1.165, 1.54) is 6.07 Å². The van der Waals surface area contributed by atoms with Gasteiger partial charge in [-0.25, -0.2) is 18.4 Å². The van der Waals surface area contributed by atoms with E-state index < -0.39 is 10.0 Å². The van der Waals surface area contributed by atoms with Crippen molar-refractivity contribution in [1.82, 2.24) is 14.8 Å². The maximum atomic E-state index is 12.3. The van der Waals surface area contributed by atoms with Crippen LogP contribution >= 0.6 is 31.9 Å². The highest BCUT2D eigenvalue weighted by Crippen LogP contribution is 2.25. The van der Waals surface area contributed by atoms with Crippen LogP contribution in [0, 0.1) is 13.8 Å². The monoisotopic (exact) mass is 434 g/mol. The summed E-state index contributed by atoms with van der Waals surface area (Å²) in [5, 5.41) is 0. The summed E-state index contributed by atoms with van der Waals surface area (Å²) in [7, 11) is -3.76. The Labute approximate surface area is 139 Å². The summed E-state index contributed by atoms with van der Waals surface area (Å²) >= 11 is 6.46. The van der Waals surface area contributed by atoms with E-state index in [0.717, 1.165) is 11.4 Å². The van der Waals surface area contributed by atoms with Crippen LogP contribution in [0.2, 0.25) is 0 Å². The fourth-order valence-corrected chi connectivity index (χ4v) is 3.97. The Balaban J connectivity index is 2.23. The summed E-state index contributed by atoms with van der Waals surface area (Å²) in [6.07, 6.45) is 0. The lowest BCUT2D eigenvalue weighted by Crippen LogP contribution is -2.31. The first-order valence-corrected chi connectivity index (χ1v) is 8.90. The summed E-state index contributed by atoms with van der Waals surface area (Å²) in [6.45, 7) is 3.61. The largest absolute Gasteiger partial charge is 0.276 e. The molecule has 0 spiro atoms. The number of halogens is 2. The number of nitrogens with zero attached hydrogens (tertiary/aromatic N) is 2. The van der Waals surface area contributed by atoms with Crippen molar-refractivity contribution in [2.45, 2.75) is 18.7 Å². The van der Waals surface area contributed by atoms with Gasteiger partial charge in [-0.2, -0.15) is 0 Å². The molecule has 2 rings (SSSR count). The van der Waals surface area contributed by atoms with Crippen molar-refractivity contribution in [1.29, 1.82) is 0 Å². The number of rotatable bonds is 4. The van der Waals surface area contributed by atoms with Crippen LogP contribution in [-0.4, -0.2) is 18.4 Å². The third kappa shape index (κ3) is 4.22. The Morgan fingerprint density at radius 3 is 2.29 bits per heavy atom. The molecule has 9 heteroatoms. The second-order valence-electron chi connectivity index (χ2n) is 4.28. The summed E-state index contributed by atoms with van der Waals surface area (Å²) in [4.78, 5) is 10.6. The molecule has 0 aliphatic carbocycles. The van der Waals surface area contributed by atoms with Gasteiger partial charge < -0.3 is 0 Å². The van der Waals surface area contributed by atoms with E-state index >= 15 is 0 Å². The van der Waals surface area contributed by atoms with Gasteiger partial charge in [-0.05, 0) is 54.0 Å². The number of hydrogen-bond donors (Lipinski definition) is 2. The van der Waals surface area contributed by atoms with E-state index in [2.05, 4.69) is 52.1 Å². The molecule has 0 aliphatic heterocycles. The molecule has 0 saturated carbocycles. The number of sulfonamides is 1. The Kier molecular flexibility index (Phi) is 4.97. The van der Waals surface area contributed by atoms with Gasteiger partial charge >= 0.3 is 0 Å². The van der Waals surface area contributed by atoms with E-state index in [9.17, 15) is 8.42 Å². The molecule has 1 heterocycles. The van der Waals surface area contributed by atoms with E-state index in [1.807, 2.05) is 0 Å². The molecule has 0 bridgehead atoms. The minimum Gasteiger partial charge on any atom is -0.276 e. The van der Waals surface area contributed by atoms with Crippen molar-refractivity contribution >= 4 is 47.8 Å². The molecule has 0 radical (unpaired) electrons. The molecular formula is C12H12Br2N4O2S. The van der Waals surface area contributed by atoms with Crippen LogP contribution in [0.4, 0.5) is 5.95 Å². The fourth-order valence-electron chi connectivity index (χ4n) is 1.63. The zero-order valence-electron chi connectivity index (χ0n) is 11.2. The molecule has 1 aromatic carbocycles. The third-order valence-electron chi connectivity index (χ3n) is 2.46. The van der Waals surface area contributed by atoms with Crippen LogP contribution in [-0.2, 0) is 10.0 Å². The first-order valence-electron chi connectivity index (χ1n) is 5.83. The molecule has 0 amide bonds. The summed E-state index contributed by atoms with van der Waals surface area (Å²) in [6, 6.07) is 6.68. The van der Waals surface area contributed by atoms with Crippen LogP contribution < -0.4 is 10.3 Å². The van der Waals surface area contributed by atoms with E-state index in [0.29, 0.717) is 8.95 Å². The Hall–Kier alpha value is -1.03. The van der Waals surface area contributed by atoms with Crippen molar-refractivity contribution in [3.8, 4) is 0 Å². The molecule has 0 atom stereocenters. The average molecular weight is 436 g/mol. The molecule has 112 valence electrons. The van der Waals surface area contributed by atoms with E-state index in [1.54, 1.807) is 32.0 Å². The van der Waals surface area contributed by atoms with Gasteiger partial charge in [0.15, 0.2) is 0 Å². The number of hydrazine groups is 1. The SMILES string of the molecule is Cc1cc(C)nc(NNS(=O)(=O)c2cc(Br)ccc2Br)n1. The highest BCUT2D eigenvalue weighted by molar-refractivity contribution is 9.11. The number of benzene rings is 1. The molecule has 21 heavy (non-hydrogen) atoms. The molecule has 0 unspecified atom stereocenters. The minimum atomic E-state index is -3.76. The molecule has 1 aromatic heterocycles. The van der Waals surface area contributed by atoms with Crippen molar-refractivity contribution in [3.63, 3.8) is 0 Å². The zero-order chi connectivity index (χ0) is 15.6. The molecule has 0 saturated heterocycles. The lowest BCUT2D eigenvalue weighted by atomic mass is 10.4. The summed E-state index contributed by atoms with van der Waals surface area (Å²) in [5.41, 5.74) is 4.00. The Bertz CT molecular complexity index is 761. The number of hydrogen-bond acceptors (Lipinski definition) is 5. The maximum absolute atomic E-state index is 12.3. The second-order valence-corrected chi connectivity index (χ2v) is 7.70. The van der Waals surface area contributed by atoms with Crippen molar-refractivity contribution in [2.24, 2.45) is 0 Å². The molecule has 0 fully saturated rings.